The van der Waals surface area contributed by atoms with Crippen LogP contribution in [0.4, 0.5) is 0 Å². The third-order valence-electron chi connectivity index (χ3n) is 4.99. The average Bonchev–Trinajstić information content (AvgIpc) is 2.81. The van der Waals surface area contributed by atoms with E-state index in [1.807, 2.05) is 12.5 Å². The summed E-state index contributed by atoms with van der Waals surface area (Å²) in [5.41, 5.74) is 0.439. The van der Waals surface area contributed by atoms with Crippen molar-refractivity contribution in [1.82, 2.24) is 9.55 Å². The molecule has 0 saturated heterocycles. The lowest BCUT2D eigenvalue weighted by molar-refractivity contribution is 0.0607. The fourth-order valence-electron chi connectivity index (χ4n) is 3.23. The van der Waals surface area contributed by atoms with Crippen molar-refractivity contribution < 1.29 is 0 Å². The van der Waals surface area contributed by atoms with Gasteiger partial charge in [-0.3, -0.25) is 0 Å². The molecule has 0 radical (unpaired) electrons. The number of rotatable bonds is 7. The number of aromatic nitrogens is 2. The molecule has 2 heteroatoms. The van der Waals surface area contributed by atoms with Crippen LogP contribution < -0.4 is 0 Å². The largest absolute Gasteiger partial charge is 0.337 e. The minimum absolute atomic E-state index is 0.439. The van der Waals surface area contributed by atoms with E-state index in [2.05, 4.69) is 57.3 Å². The molecule has 18 heavy (non-hydrogen) atoms. The van der Waals surface area contributed by atoms with E-state index in [0.717, 1.165) is 24.3 Å². The molecule has 0 amide bonds. The molecule has 0 aromatic carbocycles. The summed E-state index contributed by atoms with van der Waals surface area (Å²) in [7, 11) is 0. The molecule has 1 heterocycles. The molecule has 0 bridgehead atoms. The molecular formula is C16H30N2. The van der Waals surface area contributed by atoms with Crippen LogP contribution in [0.3, 0.4) is 0 Å². The van der Waals surface area contributed by atoms with Crippen molar-refractivity contribution in [1.29, 1.82) is 0 Å². The lowest BCUT2D eigenvalue weighted by atomic mass is 9.62. The Morgan fingerprint density at radius 1 is 1.22 bits per heavy atom. The summed E-state index contributed by atoms with van der Waals surface area (Å²) in [6.45, 7) is 15.4. The van der Waals surface area contributed by atoms with E-state index < -0.39 is 0 Å². The van der Waals surface area contributed by atoms with Gasteiger partial charge in [0.1, 0.15) is 0 Å². The first kappa shape index (κ1) is 15.3. The predicted molar refractivity (Wildman–Crippen MR) is 78.4 cm³/mol. The molecule has 0 spiro atoms. The summed E-state index contributed by atoms with van der Waals surface area (Å²) in [5, 5.41) is 0. The zero-order valence-corrected chi connectivity index (χ0v) is 13.0. The molecular weight excluding hydrogens is 220 g/mol. The predicted octanol–water partition coefficient (Wildman–Crippen LogP) is 4.62. The third kappa shape index (κ3) is 3.37. The van der Waals surface area contributed by atoms with Crippen molar-refractivity contribution in [3.8, 4) is 0 Å². The van der Waals surface area contributed by atoms with Gasteiger partial charge in [0.25, 0.3) is 0 Å². The highest BCUT2D eigenvalue weighted by molar-refractivity contribution is 4.86. The maximum atomic E-state index is 4.13. The topological polar surface area (TPSA) is 17.8 Å². The molecule has 2 nitrogen and oxygen atoms in total. The van der Waals surface area contributed by atoms with Gasteiger partial charge in [-0.2, -0.15) is 0 Å². The number of nitrogens with zero attached hydrogens (tertiary/aromatic N) is 2. The van der Waals surface area contributed by atoms with Crippen LogP contribution in [0.2, 0.25) is 0 Å². The van der Waals surface area contributed by atoms with Gasteiger partial charge in [-0.1, -0.05) is 48.0 Å². The van der Waals surface area contributed by atoms with Crippen molar-refractivity contribution >= 4 is 0 Å². The molecule has 0 aliphatic rings. The van der Waals surface area contributed by atoms with E-state index in [-0.39, 0.29) is 0 Å². The summed E-state index contributed by atoms with van der Waals surface area (Å²) >= 11 is 0. The van der Waals surface area contributed by atoms with Crippen LogP contribution in [-0.2, 0) is 6.54 Å². The summed E-state index contributed by atoms with van der Waals surface area (Å²) in [6, 6.07) is 0. The lowest BCUT2D eigenvalue weighted by Gasteiger charge is -2.43. The first-order chi connectivity index (χ1) is 8.41. The maximum Gasteiger partial charge on any atom is 0.0945 e. The van der Waals surface area contributed by atoms with Crippen molar-refractivity contribution in [2.75, 3.05) is 0 Å². The second-order valence-electron chi connectivity index (χ2n) is 6.45. The van der Waals surface area contributed by atoms with Crippen LogP contribution in [0.1, 0.15) is 54.4 Å². The van der Waals surface area contributed by atoms with Crippen molar-refractivity contribution in [2.24, 2.45) is 23.2 Å². The molecule has 2 unspecified atom stereocenters. The highest BCUT2D eigenvalue weighted by Gasteiger charge is 2.36. The minimum Gasteiger partial charge on any atom is -0.337 e. The van der Waals surface area contributed by atoms with Crippen LogP contribution in [0, 0.1) is 23.2 Å². The highest BCUT2D eigenvalue weighted by Crippen LogP contribution is 2.44. The van der Waals surface area contributed by atoms with E-state index in [1.165, 1.54) is 12.8 Å². The van der Waals surface area contributed by atoms with Crippen LogP contribution in [0.5, 0.6) is 0 Å². The summed E-state index contributed by atoms with van der Waals surface area (Å²) in [6.07, 6.45) is 8.37. The molecule has 0 aliphatic carbocycles. The smallest absolute Gasteiger partial charge is 0.0945 e. The Morgan fingerprint density at radius 3 is 2.28 bits per heavy atom. The molecule has 0 saturated carbocycles. The number of aryl methyl sites for hydroxylation is 1. The maximum absolute atomic E-state index is 4.13. The number of hydrogen-bond donors (Lipinski definition) is 0. The van der Waals surface area contributed by atoms with Crippen molar-refractivity contribution in [2.45, 2.75) is 60.9 Å². The van der Waals surface area contributed by atoms with Gasteiger partial charge < -0.3 is 4.57 Å². The first-order valence-corrected chi connectivity index (χ1v) is 7.37. The Balaban J connectivity index is 2.75. The summed E-state index contributed by atoms with van der Waals surface area (Å²) in [5.74, 6) is 2.24. The van der Waals surface area contributed by atoms with E-state index in [9.17, 15) is 0 Å². The number of hydrogen-bond acceptors (Lipinski definition) is 1. The second kappa shape index (κ2) is 6.40. The van der Waals surface area contributed by atoms with Gasteiger partial charge in [0, 0.05) is 18.9 Å². The fraction of sp³-hybridized carbons (Fsp3) is 0.812. The Bertz CT molecular complexity index is 327. The molecule has 0 fully saturated rings. The van der Waals surface area contributed by atoms with Gasteiger partial charge in [0.2, 0.25) is 0 Å². The third-order valence-corrected chi connectivity index (χ3v) is 4.99. The Labute approximate surface area is 113 Å². The average molecular weight is 250 g/mol. The molecule has 1 aromatic rings. The quantitative estimate of drug-likeness (QED) is 0.690. The van der Waals surface area contributed by atoms with Gasteiger partial charge in [-0.05, 0) is 29.6 Å². The molecule has 104 valence electrons. The monoisotopic (exact) mass is 250 g/mol. The summed E-state index contributed by atoms with van der Waals surface area (Å²) in [4.78, 5) is 4.13. The zero-order chi connectivity index (χ0) is 13.8. The Kier molecular flexibility index (Phi) is 5.43. The lowest BCUT2D eigenvalue weighted by Crippen LogP contribution is -2.36. The first-order valence-electron chi connectivity index (χ1n) is 7.37. The highest BCUT2D eigenvalue weighted by atomic mass is 15.0. The van der Waals surface area contributed by atoms with Crippen molar-refractivity contribution in [3.05, 3.63) is 18.7 Å². The number of imidazole rings is 1. The Hall–Kier alpha value is -0.790. The second-order valence-corrected chi connectivity index (χ2v) is 6.45. The Morgan fingerprint density at radius 2 is 1.89 bits per heavy atom. The van der Waals surface area contributed by atoms with Gasteiger partial charge in [0.15, 0.2) is 0 Å². The molecule has 2 atom stereocenters. The molecule has 0 N–H and O–H groups in total. The van der Waals surface area contributed by atoms with Crippen LogP contribution in [0.15, 0.2) is 18.7 Å². The fourth-order valence-corrected chi connectivity index (χ4v) is 3.23. The molecule has 1 aromatic heterocycles. The van der Waals surface area contributed by atoms with Crippen LogP contribution in [-0.4, -0.2) is 9.55 Å². The van der Waals surface area contributed by atoms with E-state index in [1.54, 1.807) is 0 Å². The zero-order valence-electron chi connectivity index (χ0n) is 13.0. The van der Waals surface area contributed by atoms with Crippen LogP contribution >= 0.6 is 0 Å². The molecule has 1 rings (SSSR count). The SMILES string of the molecule is CCC(C)(C(C)C)C(CCn1ccnc1)C(C)C. The van der Waals surface area contributed by atoms with E-state index in [0.29, 0.717) is 5.41 Å². The normalized spacial score (nSPS) is 17.1. The standard InChI is InChI=1S/C16H30N2/c1-7-16(6,14(4)5)15(13(2)3)8-10-18-11-9-17-12-18/h9,11-15H,7-8,10H2,1-6H3. The van der Waals surface area contributed by atoms with Crippen LogP contribution in [0.25, 0.3) is 0 Å². The molecule has 0 aliphatic heterocycles. The van der Waals surface area contributed by atoms with E-state index in [4.69, 9.17) is 0 Å². The minimum atomic E-state index is 0.439. The van der Waals surface area contributed by atoms with Gasteiger partial charge in [-0.15, -0.1) is 0 Å². The van der Waals surface area contributed by atoms with Gasteiger partial charge >= 0.3 is 0 Å². The van der Waals surface area contributed by atoms with Gasteiger partial charge in [-0.25, -0.2) is 4.98 Å². The van der Waals surface area contributed by atoms with Gasteiger partial charge in [0.05, 0.1) is 6.33 Å². The summed E-state index contributed by atoms with van der Waals surface area (Å²) < 4.78 is 2.20. The van der Waals surface area contributed by atoms with Crippen molar-refractivity contribution in [3.63, 3.8) is 0 Å². The van der Waals surface area contributed by atoms with E-state index >= 15 is 0 Å².